The largest absolute Gasteiger partial charge is 0.497 e. The normalized spacial score (nSPS) is 10.6. The molecule has 0 fully saturated rings. The molecule has 2 rings (SSSR count). The van der Waals surface area contributed by atoms with Crippen LogP contribution in [0.15, 0.2) is 31.9 Å². The van der Waals surface area contributed by atoms with Gasteiger partial charge in [-0.3, -0.25) is 0 Å². The monoisotopic (exact) mass is 268 g/mol. The second kappa shape index (κ2) is 3.70. The number of halogens is 1. The molecule has 0 amide bonds. The lowest BCUT2D eigenvalue weighted by atomic mass is 10.1. The Hall–Kier alpha value is -1.29. The van der Waals surface area contributed by atoms with Crippen LogP contribution in [0.25, 0.3) is 11.0 Å². The summed E-state index contributed by atoms with van der Waals surface area (Å²) >= 11 is 3.20. The van der Waals surface area contributed by atoms with E-state index in [-0.39, 0.29) is 5.63 Å². The summed E-state index contributed by atoms with van der Waals surface area (Å²) in [4.78, 5) is 11.4. The van der Waals surface area contributed by atoms with Gasteiger partial charge in [0.05, 0.1) is 7.11 Å². The molecule has 15 heavy (non-hydrogen) atoms. The highest BCUT2D eigenvalue weighted by atomic mass is 79.9. The van der Waals surface area contributed by atoms with Gasteiger partial charge in [-0.1, -0.05) is 0 Å². The maximum absolute atomic E-state index is 11.4. The molecule has 0 aliphatic carbocycles. The number of ether oxygens (including phenoxy) is 1. The van der Waals surface area contributed by atoms with Crippen LogP contribution >= 0.6 is 15.9 Å². The number of benzene rings is 1. The molecule has 0 unspecified atom stereocenters. The zero-order valence-electron chi connectivity index (χ0n) is 8.33. The van der Waals surface area contributed by atoms with Crippen molar-refractivity contribution in [3.63, 3.8) is 0 Å². The Balaban J connectivity index is 2.87. The smallest absolute Gasteiger partial charge is 0.350 e. The number of hydrogen-bond donors (Lipinski definition) is 0. The topological polar surface area (TPSA) is 39.4 Å². The van der Waals surface area contributed by atoms with E-state index in [1.165, 1.54) is 0 Å². The first-order valence-corrected chi connectivity index (χ1v) is 5.19. The third-order valence-electron chi connectivity index (χ3n) is 2.30. The third-order valence-corrected chi connectivity index (χ3v) is 3.22. The van der Waals surface area contributed by atoms with E-state index in [2.05, 4.69) is 15.9 Å². The molecule has 0 aliphatic rings. The molecule has 4 heteroatoms. The van der Waals surface area contributed by atoms with Crippen molar-refractivity contribution in [1.82, 2.24) is 0 Å². The van der Waals surface area contributed by atoms with Crippen molar-refractivity contribution in [3.05, 3.63) is 38.7 Å². The van der Waals surface area contributed by atoms with Gasteiger partial charge < -0.3 is 9.15 Å². The molecule has 1 heterocycles. The molecule has 1 aromatic heterocycles. The highest BCUT2D eigenvalue weighted by Gasteiger charge is 2.08. The van der Waals surface area contributed by atoms with E-state index >= 15 is 0 Å². The van der Waals surface area contributed by atoms with Crippen LogP contribution in [0.1, 0.15) is 5.56 Å². The van der Waals surface area contributed by atoms with Crippen molar-refractivity contribution in [2.24, 2.45) is 0 Å². The summed E-state index contributed by atoms with van der Waals surface area (Å²) in [5, 5.41) is 0.876. The highest BCUT2D eigenvalue weighted by molar-refractivity contribution is 9.10. The van der Waals surface area contributed by atoms with Crippen LogP contribution in [0.4, 0.5) is 0 Å². The summed E-state index contributed by atoms with van der Waals surface area (Å²) in [6, 6.07) is 5.34. The third kappa shape index (κ3) is 1.65. The summed E-state index contributed by atoms with van der Waals surface area (Å²) in [5.74, 6) is 0.742. The molecule has 2 aromatic rings. The number of methoxy groups -OCH3 is 1. The van der Waals surface area contributed by atoms with Crippen LogP contribution in [-0.2, 0) is 0 Å². The molecular weight excluding hydrogens is 260 g/mol. The Morgan fingerprint density at radius 3 is 2.80 bits per heavy atom. The van der Waals surface area contributed by atoms with Gasteiger partial charge in [0.15, 0.2) is 0 Å². The van der Waals surface area contributed by atoms with Gasteiger partial charge in [-0.15, -0.1) is 0 Å². The summed E-state index contributed by atoms with van der Waals surface area (Å²) in [5.41, 5.74) is 1.08. The molecule has 0 saturated carbocycles. The standard InChI is InChI=1S/C11H9BrO3/c1-6-8-5-7(14-2)3-4-9(8)15-11(13)10(6)12/h3-5H,1-2H3. The molecule has 0 N–H and O–H groups in total. The molecule has 78 valence electrons. The van der Waals surface area contributed by atoms with Gasteiger partial charge in [-0.25, -0.2) is 4.79 Å². The van der Waals surface area contributed by atoms with Gasteiger partial charge in [0.2, 0.25) is 0 Å². The molecule has 3 nitrogen and oxygen atoms in total. The quantitative estimate of drug-likeness (QED) is 0.747. The second-order valence-corrected chi connectivity index (χ2v) is 3.98. The zero-order valence-corrected chi connectivity index (χ0v) is 9.92. The highest BCUT2D eigenvalue weighted by Crippen LogP contribution is 2.26. The van der Waals surface area contributed by atoms with Crippen molar-refractivity contribution >= 4 is 26.9 Å². The minimum atomic E-state index is -0.356. The Bertz CT molecular complexity index is 572. The summed E-state index contributed by atoms with van der Waals surface area (Å²) in [6.45, 7) is 1.86. The number of aryl methyl sites for hydroxylation is 1. The first-order chi connectivity index (χ1) is 7.13. The van der Waals surface area contributed by atoms with Crippen LogP contribution in [0.5, 0.6) is 5.75 Å². The summed E-state index contributed by atoms with van der Waals surface area (Å²) < 4.78 is 10.7. The zero-order chi connectivity index (χ0) is 11.0. The Kier molecular flexibility index (Phi) is 2.52. The first kappa shape index (κ1) is 10.2. The fraction of sp³-hybridized carbons (Fsp3) is 0.182. The predicted molar refractivity (Wildman–Crippen MR) is 61.5 cm³/mol. The van der Waals surface area contributed by atoms with E-state index in [0.29, 0.717) is 10.1 Å². The lowest BCUT2D eigenvalue weighted by Gasteiger charge is -2.04. The van der Waals surface area contributed by atoms with Crippen LogP contribution in [0.2, 0.25) is 0 Å². The minimum Gasteiger partial charge on any atom is -0.497 e. The maximum Gasteiger partial charge on any atom is 0.350 e. The van der Waals surface area contributed by atoms with E-state index in [0.717, 1.165) is 16.7 Å². The van der Waals surface area contributed by atoms with Crippen molar-refractivity contribution in [1.29, 1.82) is 0 Å². The van der Waals surface area contributed by atoms with Crippen molar-refractivity contribution in [2.75, 3.05) is 7.11 Å². The molecule has 0 spiro atoms. The van der Waals surface area contributed by atoms with E-state index in [4.69, 9.17) is 9.15 Å². The van der Waals surface area contributed by atoms with Gasteiger partial charge in [-0.2, -0.15) is 0 Å². The number of hydrogen-bond acceptors (Lipinski definition) is 3. The van der Waals surface area contributed by atoms with Gasteiger partial charge in [0, 0.05) is 5.39 Å². The van der Waals surface area contributed by atoms with Crippen LogP contribution in [0.3, 0.4) is 0 Å². The minimum absolute atomic E-state index is 0.356. The van der Waals surface area contributed by atoms with E-state index in [1.54, 1.807) is 19.2 Å². The second-order valence-electron chi connectivity index (χ2n) is 3.19. The molecule has 0 radical (unpaired) electrons. The maximum atomic E-state index is 11.4. The van der Waals surface area contributed by atoms with Crippen LogP contribution in [-0.4, -0.2) is 7.11 Å². The lowest BCUT2D eigenvalue weighted by Crippen LogP contribution is -2.02. The Labute approximate surface area is 94.8 Å². The van der Waals surface area contributed by atoms with Crippen molar-refractivity contribution in [3.8, 4) is 5.75 Å². The van der Waals surface area contributed by atoms with Crippen molar-refractivity contribution in [2.45, 2.75) is 6.92 Å². The summed E-state index contributed by atoms with van der Waals surface area (Å²) in [6.07, 6.45) is 0. The van der Waals surface area contributed by atoms with Gasteiger partial charge in [0.1, 0.15) is 15.8 Å². The number of rotatable bonds is 1. The summed E-state index contributed by atoms with van der Waals surface area (Å²) in [7, 11) is 1.60. The van der Waals surface area contributed by atoms with Crippen LogP contribution < -0.4 is 10.4 Å². The van der Waals surface area contributed by atoms with Crippen molar-refractivity contribution < 1.29 is 9.15 Å². The molecule has 0 aliphatic heterocycles. The van der Waals surface area contributed by atoms with Gasteiger partial charge in [-0.05, 0) is 46.6 Å². The first-order valence-electron chi connectivity index (χ1n) is 4.40. The van der Waals surface area contributed by atoms with Gasteiger partial charge >= 0.3 is 5.63 Å². The average Bonchev–Trinajstić information content (AvgIpc) is 2.26. The average molecular weight is 269 g/mol. The van der Waals surface area contributed by atoms with E-state index < -0.39 is 0 Å². The lowest BCUT2D eigenvalue weighted by molar-refractivity contribution is 0.415. The molecular formula is C11H9BrO3. The fourth-order valence-corrected chi connectivity index (χ4v) is 1.73. The SMILES string of the molecule is COc1ccc2oc(=O)c(Br)c(C)c2c1. The molecule has 0 bridgehead atoms. The van der Waals surface area contributed by atoms with E-state index in [1.807, 2.05) is 13.0 Å². The Morgan fingerprint density at radius 1 is 1.40 bits per heavy atom. The van der Waals surface area contributed by atoms with E-state index in [9.17, 15) is 4.79 Å². The Morgan fingerprint density at radius 2 is 2.13 bits per heavy atom. The fourth-order valence-electron chi connectivity index (χ4n) is 1.43. The van der Waals surface area contributed by atoms with Gasteiger partial charge in [0.25, 0.3) is 0 Å². The van der Waals surface area contributed by atoms with Crippen LogP contribution in [0, 0.1) is 6.92 Å². The number of fused-ring (bicyclic) bond motifs is 1. The molecule has 1 aromatic carbocycles. The molecule has 0 saturated heterocycles. The molecule has 0 atom stereocenters. The predicted octanol–water partition coefficient (Wildman–Crippen LogP) is 2.87.